The molecule has 0 atom stereocenters. The van der Waals surface area contributed by atoms with Crippen molar-refractivity contribution in [2.45, 2.75) is 25.7 Å². The van der Waals surface area contributed by atoms with Crippen molar-refractivity contribution in [3.8, 4) is 23.0 Å². The molecule has 0 unspecified atom stereocenters. The first-order valence-electron chi connectivity index (χ1n) is 17.0. The Morgan fingerprint density at radius 3 is 0.882 bits per heavy atom. The third-order valence-electron chi connectivity index (χ3n) is 9.47. The van der Waals surface area contributed by atoms with Crippen LogP contribution in [0.1, 0.15) is 22.3 Å². The summed E-state index contributed by atoms with van der Waals surface area (Å²) in [6.07, 6.45) is 3.84. The van der Waals surface area contributed by atoms with Gasteiger partial charge in [0.2, 0.25) is 0 Å². The minimum absolute atomic E-state index is 0. The predicted octanol–water partition coefficient (Wildman–Crippen LogP) is 7.23. The van der Waals surface area contributed by atoms with Crippen LogP contribution in [0.3, 0.4) is 0 Å². The number of hydrogen-bond donors (Lipinski definition) is 0. The number of aryl methyl sites for hydroxylation is 4. The van der Waals surface area contributed by atoms with Gasteiger partial charge in [-0.2, -0.15) is 13.5 Å². The van der Waals surface area contributed by atoms with Gasteiger partial charge in [-0.1, -0.05) is 84.9 Å². The number of rotatable bonds is 10. The monoisotopic (exact) mass is 730 g/mol. The van der Waals surface area contributed by atoms with E-state index in [1.807, 2.05) is 0 Å². The molecule has 0 N–H and O–H groups in total. The summed E-state index contributed by atoms with van der Waals surface area (Å²) >= 11 is 0. The van der Waals surface area contributed by atoms with Gasteiger partial charge in [0.25, 0.3) is 0 Å². The van der Waals surface area contributed by atoms with Crippen LogP contribution < -0.4 is 50.8 Å². The van der Waals surface area contributed by atoms with Crippen LogP contribution in [0.2, 0.25) is 0 Å². The van der Waals surface area contributed by atoms with Crippen molar-refractivity contribution < 1.29 is 18.9 Å². The van der Waals surface area contributed by atoms with Gasteiger partial charge in [0.15, 0.2) is 0 Å². The van der Waals surface area contributed by atoms with Crippen molar-refractivity contribution in [2.75, 3.05) is 28.4 Å². The Balaban J connectivity index is 0.00000448. The summed E-state index contributed by atoms with van der Waals surface area (Å²) in [6.45, 7) is 0. The SMILES string of the molecule is COc1ccc(P(c2ccc(OC)cc2)c2cc3ccc2CCc2ccc(c(P(c4ccc(OC)cc4)c4ccc(OC)cc4)c2)CC3)cc1.S. The van der Waals surface area contributed by atoms with Gasteiger partial charge in [0, 0.05) is 0 Å². The molecular weight excluding hydrogens is 686 g/mol. The summed E-state index contributed by atoms with van der Waals surface area (Å²) in [7, 11) is 5.29. The van der Waals surface area contributed by atoms with Gasteiger partial charge in [-0.05, 0) is 144 Å². The molecule has 0 saturated heterocycles. The van der Waals surface area contributed by atoms with Crippen molar-refractivity contribution in [3.63, 3.8) is 0 Å². The van der Waals surface area contributed by atoms with Crippen LogP contribution in [0.4, 0.5) is 0 Å². The lowest BCUT2D eigenvalue weighted by atomic mass is 9.96. The fourth-order valence-electron chi connectivity index (χ4n) is 6.71. The molecule has 4 nitrogen and oxygen atoms in total. The van der Waals surface area contributed by atoms with E-state index in [1.54, 1.807) is 28.4 Å². The van der Waals surface area contributed by atoms with Gasteiger partial charge in [-0.3, -0.25) is 0 Å². The van der Waals surface area contributed by atoms with Crippen molar-refractivity contribution >= 4 is 61.2 Å². The van der Waals surface area contributed by atoms with E-state index in [9.17, 15) is 0 Å². The Morgan fingerprint density at radius 2 is 0.627 bits per heavy atom. The van der Waals surface area contributed by atoms with Crippen molar-refractivity contribution in [2.24, 2.45) is 0 Å². The predicted molar refractivity (Wildman–Crippen MR) is 222 cm³/mol. The molecule has 7 heteroatoms. The van der Waals surface area contributed by atoms with Crippen LogP contribution in [-0.2, 0) is 25.7 Å². The fraction of sp³-hybridized carbons (Fsp3) is 0.182. The second-order valence-corrected chi connectivity index (χ2v) is 16.8. The maximum absolute atomic E-state index is 5.53. The van der Waals surface area contributed by atoms with Gasteiger partial charge >= 0.3 is 0 Å². The molecule has 6 aromatic rings. The van der Waals surface area contributed by atoms with Crippen molar-refractivity contribution in [3.05, 3.63) is 156 Å². The summed E-state index contributed by atoms with van der Waals surface area (Å²) in [5, 5.41) is 8.11. The van der Waals surface area contributed by atoms with Gasteiger partial charge in [0.05, 0.1) is 28.4 Å². The van der Waals surface area contributed by atoms with Crippen LogP contribution in [0.15, 0.2) is 133 Å². The summed E-state index contributed by atoms with van der Waals surface area (Å²) in [6, 6.07) is 49.1. The summed E-state index contributed by atoms with van der Waals surface area (Å²) in [5.74, 6) is 3.49. The highest BCUT2D eigenvalue weighted by atomic mass is 32.1. The quantitative estimate of drug-likeness (QED) is 0.140. The third kappa shape index (κ3) is 8.13. The van der Waals surface area contributed by atoms with E-state index < -0.39 is 15.8 Å². The summed E-state index contributed by atoms with van der Waals surface area (Å²) < 4.78 is 22.1. The molecule has 4 aliphatic rings. The average molecular weight is 731 g/mol. The number of ether oxygens (including phenoxy) is 4. The van der Waals surface area contributed by atoms with Gasteiger partial charge in [0.1, 0.15) is 23.0 Å². The smallest absolute Gasteiger partial charge is 0.118 e. The van der Waals surface area contributed by atoms with E-state index in [1.165, 1.54) is 54.1 Å². The Labute approximate surface area is 311 Å². The van der Waals surface area contributed by atoms with Gasteiger partial charge in [-0.15, -0.1) is 0 Å². The zero-order valence-electron chi connectivity index (χ0n) is 29.6. The molecule has 0 heterocycles. The third-order valence-corrected chi connectivity index (χ3v) is 14.5. The van der Waals surface area contributed by atoms with E-state index in [0.29, 0.717) is 0 Å². The highest BCUT2D eigenvalue weighted by Gasteiger charge is 2.24. The Kier molecular flexibility index (Phi) is 12.1. The van der Waals surface area contributed by atoms with Crippen molar-refractivity contribution in [1.82, 2.24) is 0 Å². The highest BCUT2D eigenvalue weighted by Crippen LogP contribution is 2.39. The average Bonchev–Trinajstić information content (AvgIpc) is 3.17. The maximum Gasteiger partial charge on any atom is 0.118 e. The van der Waals surface area contributed by atoms with Crippen LogP contribution in [0.5, 0.6) is 23.0 Å². The molecule has 0 aliphatic heterocycles. The maximum atomic E-state index is 5.53. The normalized spacial score (nSPS) is 12.2. The Hall–Kier alpha value is -4.27. The molecule has 0 spiro atoms. The number of methoxy groups -OCH3 is 4. The van der Waals surface area contributed by atoms with Crippen molar-refractivity contribution in [1.29, 1.82) is 0 Å². The van der Waals surface area contributed by atoms with Gasteiger partial charge in [-0.25, -0.2) is 0 Å². The largest absolute Gasteiger partial charge is 0.497 e. The van der Waals surface area contributed by atoms with Gasteiger partial charge < -0.3 is 18.9 Å². The molecule has 0 amide bonds. The molecule has 51 heavy (non-hydrogen) atoms. The van der Waals surface area contributed by atoms with Crippen LogP contribution in [0.25, 0.3) is 0 Å². The van der Waals surface area contributed by atoms with Crippen LogP contribution in [-0.4, -0.2) is 28.4 Å². The van der Waals surface area contributed by atoms with E-state index in [-0.39, 0.29) is 13.5 Å². The lowest BCUT2D eigenvalue weighted by Gasteiger charge is -2.26. The minimum Gasteiger partial charge on any atom is -0.497 e. The zero-order valence-corrected chi connectivity index (χ0v) is 32.3. The first-order chi connectivity index (χ1) is 24.6. The van der Waals surface area contributed by atoms with Crippen LogP contribution in [0, 0.1) is 0 Å². The van der Waals surface area contributed by atoms with Crippen LogP contribution >= 0.6 is 29.3 Å². The van der Waals surface area contributed by atoms with E-state index in [0.717, 1.165) is 48.7 Å². The standard InChI is InChI=1S/C44H42O4P2.H2S/c1-45-35-13-21-39(22-14-35)49(40-23-15-36(46-2)16-24-40)43-29-31-5-9-33(43)11-7-32-6-10-34(12-8-31)44(30-32)50(41-25-17-37(47-3)18-26-41)42-27-19-38(48-4)20-28-42;/h5-6,9-10,13-30H,7-8,11-12H2,1-4H3;1H2. The molecule has 0 fully saturated rings. The molecule has 4 bridgehead atoms. The molecule has 0 saturated carbocycles. The second kappa shape index (κ2) is 16.8. The molecule has 260 valence electrons. The summed E-state index contributed by atoms with van der Waals surface area (Å²) in [5.41, 5.74) is 5.55. The molecular formula is C44H44O4P2S. The molecule has 4 aliphatic carbocycles. The number of hydrogen-bond acceptors (Lipinski definition) is 4. The first-order valence-corrected chi connectivity index (χ1v) is 19.7. The summed E-state index contributed by atoms with van der Waals surface area (Å²) in [4.78, 5) is 0. The van der Waals surface area contributed by atoms with E-state index in [2.05, 4.69) is 133 Å². The minimum atomic E-state index is -0.805. The molecule has 0 radical (unpaired) electrons. The second-order valence-electron chi connectivity index (χ2n) is 12.4. The zero-order chi connectivity index (χ0) is 34.5. The molecule has 0 aromatic heterocycles. The van der Waals surface area contributed by atoms with E-state index in [4.69, 9.17) is 18.9 Å². The lowest BCUT2D eigenvalue weighted by Crippen LogP contribution is -2.26. The van der Waals surface area contributed by atoms with E-state index >= 15 is 0 Å². The number of benzene rings is 6. The first kappa shape index (κ1) is 36.5. The topological polar surface area (TPSA) is 36.9 Å². The highest BCUT2D eigenvalue weighted by molar-refractivity contribution is 7.80. The Bertz CT molecular complexity index is 1800. The lowest BCUT2D eigenvalue weighted by molar-refractivity contribution is 0.415. The Morgan fingerprint density at radius 1 is 0.353 bits per heavy atom. The fourth-order valence-corrected chi connectivity index (χ4v) is 11.7. The molecule has 10 rings (SSSR count). The molecule has 6 aromatic carbocycles.